The third-order valence-corrected chi connectivity index (χ3v) is 3.53. The molecule has 4 heteroatoms. The third kappa shape index (κ3) is 7.93. The number of halogens is 1. The van der Waals surface area contributed by atoms with E-state index >= 15 is 0 Å². The van der Waals surface area contributed by atoms with E-state index in [1.165, 1.54) is 12.8 Å². The summed E-state index contributed by atoms with van der Waals surface area (Å²) in [6, 6.07) is 0.326. The maximum Gasteiger partial charge on any atom is 0.220 e. The second kappa shape index (κ2) is 9.62. The van der Waals surface area contributed by atoms with Gasteiger partial charge in [0, 0.05) is 12.5 Å². The second-order valence-corrected chi connectivity index (χ2v) is 5.84. The molecule has 0 aromatic rings. The van der Waals surface area contributed by atoms with E-state index in [1.807, 2.05) is 0 Å². The normalized spacial score (nSPS) is 20.6. The summed E-state index contributed by atoms with van der Waals surface area (Å²) in [5.74, 6) is 1.67. The van der Waals surface area contributed by atoms with Crippen LogP contribution in [0.2, 0.25) is 0 Å². The highest BCUT2D eigenvalue weighted by Gasteiger charge is 2.16. The number of hydrogen-bond acceptors (Lipinski definition) is 2. The van der Waals surface area contributed by atoms with Crippen molar-refractivity contribution in [3.05, 3.63) is 0 Å². The van der Waals surface area contributed by atoms with Gasteiger partial charge in [0.15, 0.2) is 0 Å². The molecule has 1 aliphatic heterocycles. The molecule has 1 amide bonds. The van der Waals surface area contributed by atoms with Gasteiger partial charge in [-0.05, 0) is 57.5 Å². The van der Waals surface area contributed by atoms with Crippen LogP contribution in [0.4, 0.5) is 0 Å². The predicted octanol–water partition coefficient (Wildman–Crippen LogP) is 2.74. The quantitative estimate of drug-likeness (QED) is 0.751. The van der Waals surface area contributed by atoms with Gasteiger partial charge in [-0.15, -0.1) is 12.4 Å². The van der Waals surface area contributed by atoms with Crippen molar-refractivity contribution in [1.82, 2.24) is 10.6 Å². The monoisotopic (exact) mass is 276 g/mol. The Hall–Kier alpha value is -0.280. The number of hydrogen-bond donors (Lipinski definition) is 2. The molecule has 0 saturated carbocycles. The summed E-state index contributed by atoms with van der Waals surface area (Å²) in [5.41, 5.74) is 0. The van der Waals surface area contributed by atoms with Gasteiger partial charge in [0.2, 0.25) is 5.91 Å². The number of carbonyl (C=O) groups excluding carboxylic acids is 1. The Labute approximate surface area is 118 Å². The van der Waals surface area contributed by atoms with Gasteiger partial charge in [-0.25, -0.2) is 0 Å². The van der Waals surface area contributed by atoms with Gasteiger partial charge in [-0.3, -0.25) is 4.79 Å². The topological polar surface area (TPSA) is 41.1 Å². The first kappa shape index (κ1) is 17.7. The molecule has 3 nitrogen and oxygen atoms in total. The minimum atomic E-state index is 0. The van der Waals surface area contributed by atoms with Crippen molar-refractivity contribution in [3.63, 3.8) is 0 Å². The Bertz CT molecular complexity index is 228. The van der Waals surface area contributed by atoms with E-state index in [-0.39, 0.29) is 18.3 Å². The van der Waals surface area contributed by atoms with E-state index in [0.717, 1.165) is 31.8 Å². The lowest BCUT2D eigenvalue weighted by molar-refractivity contribution is -0.122. The molecule has 0 aliphatic carbocycles. The molecule has 0 aromatic carbocycles. The molecule has 1 aliphatic rings. The van der Waals surface area contributed by atoms with Crippen LogP contribution in [0, 0.1) is 11.8 Å². The van der Waals surface area contributed by atoms with Crippen LogP contribution < -0.4 is 10.6 Å². The molecule has 2 N–H and O–H groups in total. The van der Waals surface area contributed by atoms with E-state index in [9.17, 15) is 4.79 Å². The fourth-order valence-corrected chi connectivity index (χ4v) is 2.30. The number of nitrogens with one attached hydrogen (secondary N) is 2. The Kier molecular flexibility index (Phi) is 9.47. The van der Waals surface area contributed by atoms with Crippen LogP contribution in [0.15, 0.2) is 0 Å². The lowest BCUT2D eigenvalue weighted by atomic mass is 10.0. The molecule has 0 spiro atoms. The van der Waals surface area contributed by atoms with E-state index in [2.05, 4.69) is 31.4 Å². The molecule has 18 heavy (non-hydrogen) atoms. The van der Waals surface area contributed by atoms with Gasteiger partial charge in [0.05, 0.1) is 0 Å². The lowest BCUT2D eigenvalue weighted by Gasteiger charge is -2.15. The summed E-state index contributed by atoms with van der Waals surface area (Å²) in [5, 5.41) is 6.44. The van der Waals surface area contributed by atoms with Gasteiger partial charge in [0.25, 0.3) is 0 Å². The van der Waals surface area contributed by atoms with E-state index in [4.69, 9.17) is 0 Å². The number of carbonyl (C=O) groups is 1. The zero-order valence-electron chi connectivity index (χ0n) is 12.0. The molecular weight excluding hydrogens is 248 g/mol. The average Bonchev–Trinajstić information content (AvgIpc) is 2.76. The standard InChI is InChI=1S/C14H28N2O.ClH/c1-11(2)4-5-12(3)16-14(17)7-6-13-8-9-15-10-13;/h11-13,15H,4-10H2,1-3H3,(H,16,17);1H. The lowest BCUT2D eigenvalue weighted by Crippen LogP contribution is -2.32. The van der Waals surface area contributed by atoms with Crippen molar-refractivity contribution in [3.8, 4) is 0 Å². The molecule has 108 valence electrons. The van der Waals surface area contributed by atoms with Crippen molar-refractivity contribution in [2.45, 2.75) is 58.9 Å². The first-order chi connectivity index (χ1) is 8.08. The summed E-state index contributed by atoms with van der Waals surface area (Å²) >= 11 is 0. The summed E-state index contributed by atoms with van der Waals surface area (Å²) in [6.07, 6.45) is 5.24. The minimum Gasteiger partial charge on any atom is -0.354 e. The molecule has 0 radical (unpaired) electrons. The SMILES string of the molecule is CC(C)CCC(C)NC(=O)CCC1CCNC1.Cl. The Morgan fingerprint density at radius 1 is 1.33 bits per heavy atom. The van der Waals surface area contributed by atoms with Crippen LogP contribution in [-0.2, 0) is 4.79 Å². The molecule has 0 bridgehead atoms. The zero-order valence-corrected chi connectivity index (χ0v) is 12.8. The molecule has 2 unspecified atom stereocenters. The van der Waals surface area contributed by atoms with Crippen molar-refractivity contribution >= 4 is 18.3 Å². The van der Waals surface area contributed by atoms with E-state index in [0.29, 0.717) is 18.4 Å². The molecule has 2 atom stereocenters. The molecule has 0 aromatic heterocycles. The maximum absolute atomic E-state index is 11.7. The Morgan fingerprint density at radius 3 is 2.61 bits per heavy atom. The predicted molar refractivity (Wildman–Crippen MR) is 79.1 cm³/mol. The van der Waals surface area contributed by atoms with Crippen LogP contribution in [0.1, 0.15) is 52.9 Å². The Morgan fingerprint density at radius 2 is 2.06 bits per heavy atom. The van der Waals surface area contributed by atoms with Gasteiger partial charge in [-0.1, -0.05) is 13.8 Å². The minimum absolute atomic E-state index is 0. The summed E-state index contributed by atoms with van der Waals surface area (Å²) < 4.78 is 0. The van der Waals surface area contributed by atoms with Gasteiger partial charge in [-0.2, -0.15) is 0 Å². The zero-order chi connectivity index (χ0) is 12.7. The highest BCUT2D eigenvalue weighted by Crippen LogP contribution is 2.14. The molecule has 1 saturated heterocycles. The third-order valence-electron chi connectivity index (χ3n) is 3.53. The number of rotatable bonds is 7. The van der Waals surface area contributed by atoms with Gasteiger partial charge in [0.1, 0.15) is 0 Å². The first-order valence-corrected chi connectivity index (χ1v) is 7.08. The van der Waals surface area contributed by atoms with E-state index < -0.39 is 0 Å². The molecule has 1 fully saturated rings. The van der Waals surface area contributed by atoms with E-state index in [1.54, 1.807) is 0 Å². The van der Waals surface area contributed by atoms with Crippen molar-refractivity contribution < 1.29 is 4.79 Å². The van der Waals surface area contributed by atoms with Gasteiger partial charge < -0.3 is 10.6 Å². The summed E-state index contributed by atoms with van der Waals surface area (Å²) in [4.78, 5) is 11.7. The fraction of sp³-hybridized carbons (Fsp3) is 0.929. The van der Waals surface area contributed by atoms with Crippen molar-refractivity contribution in [2.75, 3.05) is 13.1 Å². The fourth-order valence-electron chi connectivity index (χ4n) is 2.30. The molecular formula is C14H29ClN2O. The van der Waals surface area contributed by atoms with Crippen molar-refractivity contribution in [1.29, 1.82) is 0 Å². The van der Waals surface area contributed by atoms with Crippen LogP contribution in [-0.4, -0.2) is 25.0 Å². The second-order valence-electron chi connectivity index (χ2n) is 5.84. The highest BCUT2D eigenvalue weighted by atomic mass is 35.5. The van der Waals surface area contributed by atoms with Gasteiger partial charge >= 0.3 is 0 Å². The first-order valence-electron chi connectivity index (χ1n) is 7.08. The smallest absolute Gasteiger partial charge is 0.220 e. The Balaban J connectivity index is 0.00000289. The largest absolute Gasteiger partial charge is 0.354 e. The molecule has 1 heterocycles. The number of amides is 1. The van der Waals surface area contributed by atoms with Crippen LogP contribution in [0.5, 0.6) is 0 Å². The maximum atomic E-state index is 11.7. The summed E-state index contributed by atoms with van der Waals surface area (Å²) in [6.45, 7) is 8.77. The highest BCUT2D eigenvalue weighted by molar-refractivity contribution is 5.85. The van der Waals surface area contributed by atoms with Crippen molar-refractivity contribution in [2.24, 2.45) is 11.8 Å². The molecule has 1 rings (SSSR count). The van der Waals surface area contributed by atoms with Crippen LogP contribution in [0.25, 0.3) is 0 Å². The van der Waals surface area contributed by atoms with Crippen LogP contribution >= 0.6 is 12.4 Å². The summed E-state index contributed by atoms with van der Waals surface area (Å²) in [7, 11) is 0. The average molecular weight is 277 g/mol. The van der Waals surface area contributed by atoms with Crippen LogP contribution in [0.3, 0.4) is 0 Å².